The van der Waals surface area contributed by atoms with E-state index in [1.165, 1.54) is 5.56 Å². The second-order valence-corrected chi connectivity index (χ2v) is 8.58. The summed E-state index contributed by atoms with van der Waals surface area (Å²) in [4.78, 5) is 20.3. The molecule has 7 heteroatoms. The first-order valence-electron chi connectivity index (χ1n) is 9.89. The number of thiazole rings is 1. The Balaban J connectivity index is 1.28. The van der Waals surface area contributed by atoms with E-state index in [4.69, 9.17) is 4.74 Å². The van der Waals surface area contributed by atoms with Crippen molar-refractivity contribution in [2.45, 2.75) is 25.4 Å². The zero-order valence-electron chi connectivity index (χ0n) is 16.8. The van der Waals surface area contributed by atoms with E-state index in [0.29, 0.717) is 5.19 Å². The van der Waals surface area contributed by atoms with Crippen molar-refractivity contribution in [2.75, 3.05) is 27.2 Å². The molecule has 2 amide bonds. The maximum Gasteiger partial charge on any atom is 0.317 e. The molecule has 1 aromatic heterocycles. The molecule has 1 N–H and O–H groups in total. The number of amides is 2. The number of ether oxygens (including phenoxy) is 1. The smallest absolute Gasteiger partial charge is 0.317 e. The van der Waals surface area contributed by atoms with E-state index in [2.05, 4.69) is 33.4 Å². The van der Waals surface area contributed by atoms with Gasteiger partial charge < -0.3 is 15.0 Å². The third kappa shape index (κ3) is 5.05. The largest absolute Gasteiger partial charge is 0.431 e. The number of nitrogens with zero attached hydrogens (tertiary/aromatic N) is 3. The van der Waals surface area contributed by atoms with E-state index in [0.717, 1.165) is 48.4 Å². The minimum atomic E-state index is -0.00725. The zero-order chi connectivity index (χ0) is 20.2. The number of hydrogen-bond donors (Lipinski definition) is 1. The number of carbonyl (C=O) groups is 1. The number of urea groups is 1. The predicted octanol–water partition coefficient (Wildman–Crippen LogP) is 4.32. The molecule has 3 aromatic rings. The van der Waals surface area contributed by atoms with Crippen LogP contribution in [-0.4, -0.2) is 54.0 Å². The lowest BCUT2D eigenvalue weighted by Crippen LogP contribution is -2.47. The van der Waals surface area contributed by atoms with Crippen LogP contribution in [0, 0.1) is 0 Å². The van der Waals surface area contributed by atoms with Gasteiger partial charge in [-0.25, -0.2) is 9.78 Å². The maximum absolute atomic E-state index is 11.8. The van der Waals surface area contributed by atoms with Crippen LogP contribution in [0.5, 0.6) is 10.9 Å². The number of carbonyl (C=O) groups excluding carboxylic acids is 1. The summed E-state index contributed by atoms with van der Waals surface area (Å²) in [5.41, 5.74) is 2.23. The van der Waals surface area contributed by atoms with Crippen molar-refractivity contribution in [1.29, 1.82) is 0 Å². The van der Waals surface area contributed by atoms with Gasteiger partial charge in [0.1, 0.15) is 5.75 Å². The highest BCUT2D eigenvalue weighted by atomic mass is 32.1. The van der Waals surface area contributed by atoms with Gasteiger partial charge in [0.2, 0.25) is 0 Å². The first-order chi connectivity index (χ1) is 14.1. The minimum Gasteiger partial charge on any atom is -0.431 e. The fourth-order valence-electron chi connectivity index (χ4n) is 3.46. The molecule has 2 aromatic carbocycles. The van der Waals surface area contributed by atoms with Crippen molar-refractivity contribution in [3.63, 3.8) is 0 Å². The highest BCUT2D eigenvalue weighted by Crippen LogP contribution is 2.31. The average Bonchev–Trinajstić information content (AvgIpc) is 3.13. The second-order valence-electron chi connectivity index (χ2n) is 7.59. The number of likely N-dealkylation sites (tertiary alicyclic amines) is 1. The van der Waals surface area contributed by atoms with Crippen LogP contribution in [0.1, 0.15) is 18.4 Å². The molecule has 0 bridgehead atoms. The summed E-state index contributed by atoms with van der Waals surface area (Å²) in [5, 5.41) is 3.75. The molecular formula is C22H26N4O2S. The summed E-state index contributed by atoms with van der Waals surface area (Å²) < 4.78 is 7.06. The van der Waals surface area contributed by atoms with E-state index in [-0.39, 0.29) is 12.1 Å². The SMILES string of the molecule is CN(C)C(=O)NC1CCN(Cc2ccc(Oc3nc4ccccc4s3)cc2)CC1. The lowest BCUT2D eigenvalue weighted by atomic mass is 10.0. The van der Waals surface area contributed by atoms with Gasteiger partial charge in [0, 0.05) is 39.8 Å². The number of hydrogen-bond acceptors (Lipinski definition) is 5. The summed E-state index contributed by atoms with van der Waals surface area (Å²) in [6.07, 6.45) is 1.97. The van der Waals surface area contributed by atoms with Gasteiger partial charge >= 0.3 is 6.03 Å². The maximum atomic E-state index is 11.8. The molecule has 0 saturated carbocycles. The molecule has 1 aliphatic heterocycles. The summed E-state index contributed by atoms with van der Waals surface area (Å²) in [6.45, 7) is 2.89. The van der Waals surface area contributed by atoms with Crippen molar-refractivity contribution in [2.24, 2.45) is 0 Å². The van der Waals surface area contributed by atoms with Gasteiger partial charge in [-0.3, -0.25) is 4.90 Å². The van der Waals surface area contributed by atoms with Crippen LogP contribution in [0.3, 0.4) is 0 Å². The molecule has 0 radical (unpaired) electrons. The Morgan fingerprint density at radius 1 is 1.17 bits per heavy atom. The molecule has 1 saturated heterocycles. The lowest BCUT2D eigenvalue weighted by Gasteiger charge is -2.32. The minimum absolute atomic E-state index is 0.00725. The number of nitrogens with one attached hydrogen (secondary N) is 1. The van der Waals surface area contributed by atoms with Gasteiger partial charge in [-0.2, -0.15) is 0 Å². The van der Waals surface area contributed by atoms with Crippen LogP contribution in [0.4, 0.5) is 4.79 Å². The van der Waals surface area contributed by atoms with Gasteiger partial charge in [-0.05, 0) is 42.7 Å². The molecule has 1 aliphatic rings. The third-order valence-corrected chi connectivity index (χ3v) is 6.04. The first-order valence-corrected chi connectivity index (χ1v) is 10.7. The lowest BCUT2D eigenvalue weighted by molar-refractivity contribution is 0.178. The zero-order valence-corrected chi connectivity index (χ0v) is 17.6. The van der Waals surface area contributed by atoms with Crippen LogP contribution >= 0.6 is 11.3 Å². The number of piperidine rings is 1. The van der Waals surface area contributed by atoms with Crippen LogP contribution in [0.2, 0.25) is 0 Å². The fraction of sp³-hybridized carbons (Fsp3) is 0.364. The molecule has 2 heterocycles. The third-order valence-electron chi connectivity index (χ3n) is 5.13. The summed E-state index contributed by atoms with van der Waals surface area (Å²) in [5.74, 6) is 0.804. The standard InChI is InChI=1S/C22H26N4O2S/c1-25(2)21(27)23-17-11-13-26(14-12-17)15-16-7-9-18(10-8-16)28-22-24-19-5-3-4-6-20(19)29-22/h3-10,17H,11-15H2,1-2H3,(H,23,27). The van der Waals surface area contributed by atoms with E-state index in [1.54, 1.807) is 30.3 Å². The number of rotatable bonds is 5. The molecular weight excluding hydrogens is 384 g/mol. The summed E-state index contributed by atoms with van der Waals surface area (Å²) in [6, 6.07) is 16.5. The second kappa shape index (κ2) is 8.80. The van der Waals surface area contributed by atoms with Crippen LogP contribution in [0.25, 0.3) is 10.2 Å². The Bertz CT molecular complexity index is 929. The van der Waals surface area contributed by atoms with Crippen molar-refractivity contribution in [1.82, 2.24) is 20.1 Å². The van der Waals surface area contributed by atoms with Gasteiger partial charge in [0.05, 0.1) is 10.2 Å². The van der Waals surface area contributed by atoms with Gasteiger partial charge in [0.15, 0.2) is 0 Å². The van der Waals surface area contributed by atoms with E-state index >= 15 is 0 Å². The van der Waals surface area contributed by atoms with Gasteiger partial charge in [-0.15, -0.1) is 0 Å². The topological polar surface area (TPSA) is 57.7 Å². The first kappa shape index (κ1) is 19.7. The van der Waals surface area contributed by atoms with Gasteiger partial charge in [-0.1, -0.05) is 35.6 Å². The van der Waals surface area contributed by atoms with Crippen LogP contribution < -0.4 is 10.1 Å². The highest BCUT2D eigenvalue weighted by molar-refractivity contribution is 7.20. The van der Waals surface area contributed by atoms with Crippen molar-refractivity contribution < 1.29 is 9.53 Å². The van der Waals surface area contributed by atoms with E-state index in [9.17, 15) is 4.79 Å². The highest BCUT2D eigenvalue weighted by Gasteiger charge is 2.21. The molecule has 0 unspecified atom stereocenters. The molecule has 4 rings (SSSR count). The van der Waals surface area contributed by atoms with Crippen LogP contribution in [0.15, 0.2) is 48.5 Å². The molecule has 1 fully saturated rings. The molecule has 0 aliphatic carbocycles. The fourth-order valence-corrected chi connectivity index (χ4v) is 4.29. The Morgan fingerprint density at radius 3 is 2.59 bits per heavy atom. The molecule has 6 nitrogen and oxygen atoms in total. The molecule has 0 atom stereocenters. The molecule has 152 valence electrons. The summed E-state index contributed by atoms with van der Waals surface area (Å²) >= 11 is 1.56. The Labute approximate surface area is 175 Å². The number of para-hydroxylation sites is 1. The van der Waals surface area contributed by atoms with Gasteiger partial charge in [0.25, 0.3) is 5.19 Å². The number of fused-ring (bicyclic) bond motifs is 1. The van der Waals surface area contributed by atoms with Crippen LogP contribution in [-0.2, 0) is 6.54 Å². The summed E-state index contributed by atoms with van der Waals surface area (Å²) in [7, 11) is 3.54. The van der Waals surface area contributed by atoms with Crippen molar-refractivity contribution >= 4 is 27.6 Å². The monoisotopic (exact) mass is 410 g/mol. The molecule has 0 spiro atoms. The van der Waals surface area contributed by atoms with E-state index < -0.39 is 0 Å². The number of aromatic nitrogens is 1. The average molecular weight is 411 g/mol. The predicted molar refractivity (Wildman–Crippen MR) is 117 cm³/mol. The Hall–Kier alpha value is -2.64. The van der Waals surface area contributed by atoms with Crippen molar-refractivity contribution in [3.05, 3.63) is 54.1 Å². The molecule has 29 heavy (non-hydrogen) atoms. The van der Waals surface area contributed by atoms with Crippen molar-refractivity contribution in [3.8, 4) is 10.9 Å². The normalized spacial score (nSPS) is 15.4. The number of benzene rings is 2. The quantitative estimate of drug-likeness (QED) is 0.680. The Morgan fingerprint density at radius 2 is 1.90 bits per heavy atom. The Kier molecular flexibility index (Phi) is 5.97. The van der Waals surface area contributed by atoms with E-state index in [1.807, 2.05) is 30.3 Å².